The Hall–Kier alpha value is -0.570. The summed E-state index contributed by atoms with van der Waals surface area (Å²) in [6.07, 6.45) is 5.96. The van der Waals surface area contributed by atoms with Gasteiger partial charge in [-0.05, 0) is 45.6 Å². The van der Waals surface area contributed by atoms with Crippen LogP contribution in [0.4, 0.5) is 0 Å². The molecule has 3 heteroatoms. The van der Waals surface area contributed by atoms with Crippen molar-refractivity contribution in [3.05, 3.63) is 0 Å². The maximum atomic E-state index is 11.8. The Balaban J connectivity index is 3.95. The Kier molecular flexibility index (Phi) is 8.23. The summed E-state index contributed by atoms with van der Waals surface area (Å²) >= 11 is 0. The van der Waals surface area contributed by atoms with Crippen LogP contribution in [0.2, 0.25) is 0 Å². The lowest BCUT2D eigenvalue weighted by atomic mass is 9.94. The molecule has 0 saturated carbocycles. The number of carbonyl (C=O) groups excluding carboxylic acids is 1. The number of nitrogens with two attached hydrogens (primary N) is 1. The van der Waals surface area contributed by atoms with Gasteiger partial charge in [-0.25, -0.2) is 0 Å². The summed E-state index contributed by atoms with van der Waals surface area (Å²) in [6, 6.07) is 0. The molecule has 0 radical (unpaired) electrons. The van der Waals surface area contributed by atoms with Crippen molar-refractivity contribution in [2.45, 2.75) is 71.8 Å². The molecule has 3 nitrogen and oxygen atoms in total. The minimum Gasteiger partial charge on any atom is -0.351 e. The smallest absolute Gasteiger partial charge is 0.220 e. The van der Waals surface area contributed by atoms with E-state index < -0.39 is 0 Å². The lowest BCUT2D eigenvalue weighted by Gasteiger charge is -2.25. The van der Waals surface area contributed by atoms with Crippen molar-refractivity contribution in [2.24, 2.45) is 11.7 Å². The van der Waals surface area contributed by atoms with Crippen LogP contribution in [0.5, 0.6) is 0 Å². The molecule has 0 heterocycles. The zero-order valence-corrected chi connectivity index (χ0v) is 12.0. The molecule has 1 amide bonds. The second-order valence-electron chi connectivity index (χ2n) is 5.56. The molecule has 0 fully saturated rings. The van der Waals surface area contributed by atoms with Gasteiger partial charge in [0.05, 0.1) is 0 Å². The van der Waals surface area contributed by atoms with Crippen LogP contribution in [0, 0.1) is 5.92 Å². The van der Waals surface area contributed by atoms with Gasteiger partial charge in [-0.3, -0.25) is 4.79 Å². The molecule has 0 aromatic carbocycles. The number of nitrogens with one attached hydrogen (secondary N) is 1. The maximum Gasteiger partial charge on any atom is 0.220 e. The van der Waals surface area contributed by atoms with Crippen LogP contribution in [0.15, 0.2) is 0 Å². The van der Waals surface area contributed by atoms with Crippen molar-refractivity contribution in [3.63, 3.8) is 0 Å². The third-order valence-electron chi connectivity index (χ3n) is 3.41. The van der Waals surface area contributed by atoms with Crippen molar-refractivity contribution in [1.82, 2.24) is 5.32 Å². The van der Waals surface area contributed by atoms with Crippen molar-refractivity contribution >= 4 is 5.91 Å². The van der Waals surface area contributed by atoms with E-state index >= 15 is 0 Å². The lowest BCUT2D eigenvalue weighted by molar-refractivity contribution is -0.123. The van der Waals surface area contributed by atoms with Gasteiger partial charge in [-0.1, -0.05) is 26.7 Å². The maximum absolute atomic E-state index is 11.8. The number of hydrogen-bond donors (Lipinski definition) is 2. The second-order valence-corrected chi connectivity index (χ2v) is 5.56. The average Bonchev–Trinajstić information content (AvgIpc) is 2.26. The summed E-state index contributed by atoms with van der Waals surface area (Å²) < 4.78 is 0. The minimum atomic E-state index is -0.0782. The summed E-state index contributed by atoms with van der Waals surface area (Å²) in [5.41, 5.74) is 5.51. The molecule has 0 aliphatic rings. The van der Waals surface area contributed by atoms with Crippen LogP contribution in [0.25, 0.3) is 0 Å². The molecule has 1 atom stereocenters. The summed E-state index contributed by atoms with van der Waals surface area (Å²) in [5.74, 6) is 0.787. The average molecular weight is 242 g/mol. The van der Waals surface area contributed by atoms with Crippen LogP contribution < -0.4 is 11.1 Å². The lowest BCUT2D eigenvalue weighted by Crippen LogP contribution is -2.42. The highest BCUT2D eigenvalue weighted by molar-refractivity contribution is 5.76. The molecule has 17 heavy (non-hydrogen) atoms. The highest BCUT2D eigenvalue weighted by Gasteiger charge is 2.18. The second kappa shape index (κ2) is 8.51. The Labute approximate surface area is 107 Å². The third-order valence-corrected chi connectivity index (χ3v) is 3.41. The summed E-state index contributed by atoms with van der Waals surface area (Å²) in [7, 11) is 0. The molecule has 0 aliphatic carbocycles. The van der Waals surface area contributed by atoms with Gasteiger partial charge in [0.15, 0.2) is 0 Å². The van der Waals surface area contributed by atoms with Crippen LogP contribution in [-0.2, 0) is 4.79 Å². The third kappa shape index (κ3) is 8.19. The Morgan fingerprint density at radius 2 is 1.88 bits per heavy atom. The Bertz CT molecular complexity index is 208. The zero-order chi connectivity index (χ0) is 13.3. The van der Waals surface area contributed by atoms with Gasteiger partial charge >= 0.3 is 0 Å². The molecule has 3 N–H and O–H groups in total. The predicted molar refractivity (Wildman–Crippen MR) is 73.8 cm³/mol. The molecule has 0 rings (SSSR count). The molecular formula is C14H30N2O. The summed E-state index contributed by atoms with van der Waals surface area (Å²) in [5, 5.41) is 3.08. The van der Waals surface area contributed by atoms with E-state index in [4.69, 9.17) is 5.73 Å². The number of carbonyl (C=O) groups is 1. The highest BCUT2D eigenvalue weighted by Crippen LogP contribution is 2.17. The largest absolute Gasteiger partial charge is 0.351 e. The predicted octanol–water partition coefficient (Wildman–Crippen LogP) is 2.84. The van der Waals surface area contributed by atoms with Crippen molar-refractivity contribution < 1.29 is 4.79 Å². The zero-order valence-electron chi connectivity index (χ0n) is 12.0. The molecule has 0 saturated heterocycles. The monoisotopic (exact) mass is 242 g/mol. The molecule has 0 aromatic heterocycles. The molecule has 102 valence electrons. The summed E-state index contributed by atoms with van der Waals surface area (Å²) in [4.78, 5) is 11.8. The highest BCUT2D eigenvalue weighted by atomic mass is 16.1. The van der Waals surface area contributed by atoms with E-state index in [0.29, 0.717) is 12.3 Å². The van der Waals surface area contributed by atoms with Gasteiger partial charge in [0, 0.05) is 12.0 Å². The first-order valence-corrected chi connectivity index (χ1v) is 6.96. The SMILES string of the molecule is CCCC(CCN)CCC(=O)NC(C)(C)CC. The van der Waals surface area contributed by atoms with Gasteiger partial charge in [0.1, 0.15) is 0 Å². The number of rotatable bonds is 9. The van der Waals surface area contributed by atoms with Gasteiger partial charge in [0.25, 0.3) is 0 Å². The molecule has 0 aromatic rings. The Morgan fingerprint density at radius 1 is 1.24 bits per heavy atom. The minimum absolute atomic E-state index is 0.0782. The fourth-order valence-corrected chi connectivity index (χ4v) is 1.94. The standard InChI is InChI=1S/C14H30N2O/c1-5-7-12(10-11-15)8-9-13(17)16-14(3,4)6-2/h12H,5-11,15H2,1-4H3,(H,16,17). The first-order valence-electron chi connectivity index (χ1n) is 6.96. The van der Waals surface area contributed by atoms with Crippen LogP contribution in [-0.4, -0.2) is 18.0 Å². The molecular weight excluding hydrogens is 212 g/mol. The first kappa shape index (κ1) is 16.4. The van der Waals surface area contributed by atoms with E-state index in [9.17, 15) is 4.79 Å². The van der Waals surface area contributed by atoms with Crippen molar-refractivity contribution in [2.75, 3.05) is 6.54 Å². The first-order chi connectivity index (χ1) is 7.95. The number of amides is 1. The van der Waals surface area contributed by atoms with Crippen molar-refractivity contribution in [3.8, 4) is 0 Å². The quantitative estimate of drug-likeness (QED) is 0.653. The molecule has 1 unspecified atom stereocenters. The van der Waals surface area contributed by atoms with Crippen LogP contribution >= 0.6 is 0 Å². The van der Waals surface area contributed by atoms with Crippen LogP contribution in [0.1, 0.15) is 66.2 Å². The van der Waals surface area contributed by atoms with Gasteiger partial charge in [-0.2, -0.15) is 0 Å². The summed E-state index contributed by atoms with van der Waals surface area (Å²) in [6.45, 7) is 9.13. The molecule has 0 spiro atoms. The fraction of sp³-hybridized carbons (Fsp3) is 0.929. The van der Waals surface area contributed by atoms with Gasteiger partial charge < -0.3 is 11.1 Å². The van der Waals surface area contributed by atoms with E-state index in [2.05, 4.69) is 33.0 Å². The Morgan fingerprint density at radius 3 is 2.35 bits per heavy atom. The van der Waals surface area contributed by atoms with E-state index in [1.165, 1.54) is 12.8 Å². The number of hydrogen-bond acceptors (Lipinski definition) is 2. The van der Waals surface area contributed by atoms with E-state index in [1.54, 1.807) is 0 Å². The van der Waals surface area contributed by atoms with Gasteiger partial charge in [0.2, 0.25) is 5.91 Å². The normalized spacial score (nSPS) is 13.5. The fourth-order valence-electron chi connectivity index (χ4n) is 1.94. The van der Waals surface area contributed by atoms with Gasteiger partial charge in [-0.15, -0.1) is 0 Å². The van der Waals surface area contributed by atoms with E-state index in [0.717, 1.165) is 25.8 Å². The van der Waals surface area contributed by atoms with E-state index in [-0.39, 0.29) is 11.4 Å². The van der Waals surface area contributed by atoms with E-state index in [1.807, 2.05) is 0 Å². The van der Waals surface area contributed by atoms with Crippen molar-refractivity contribution in [1.29, 1.82) is 0 Å². The molecule has 0 bridgehead atoms. The topological polar surface area (TPSA) is 55.1 Å². The van der Waals surface area contributed by atoms with Crippen LogP contribution in [0.3, 0.4) is 0 Å². The molecule has 0 aliphatic heterocycles.